The fourth-order valence-electron chi connectivity index (χ4n) is 1.66. The van der Waals surface area contributed by atoms with Gasteiger partial charge in [-0.15, -0.1) is 0 Å². The highest BCUT2D eigenvalue weighted by Gasteiger charge is 2.19. The van der Waals surface area contributed by atoms with Crippen molar-refractivity contribution < 1.29 is 9.72 Å². The Labute approximate surface area is 119 Å². The Morgan fingerprint density at radius 2 is 2.15 bits per heavy atom. The third-order valence-corrected chi connectivity index (χ3v) is 2.97. The number of amides is 1. The molecule has 0 aliphatic heterocycles. The Hall–Kier alpha value is -2.47. The van der Waals surface area contributed by atoms with Gasteiger partial charge < -0.3 is 5.32 Å². The van der Waals surface area contributed by atoms with Crippen molar-refractivity contribution >= 4 is 28.9 Å². The molecule has 1 amide bonds. The molecule has 0 unspecified atom stereocenters. The summed E-state index contributed by atoms with van der Waals surface area (Å²) in [6.07, 6.45) is 1.56. The predicted molar refractivity (Wildman–Crippen MR) is 75.0 cm³/mol. The minimum Gasteiger partial charge on any atom is -0.322 e. The van der Waals surface area contributed by atoms with E-state index >= 15 is 0 Å². The molecule has 6 nitrogen and oxygen atoms in total. The van der Waals surface area contributed by atoms with Crippen molar-refractivity contribution in [2.75, 3.05) is 5.32 Å². The number of hydrogen-bond donors (Lipinski definition) is 1. The number of anilines is 1. The Balaban J connectivity index is 2.30. The van der Waals surface area contributed by atoms with Gasteiger partial charge in [0.25, 0.3) is 11.6 Å². The summed E-state index contributed by atoms with van der Waals surface area (Å²) in [5.74, 6) is -0.510. The highest BCUT2D eigenvalue weighted by molar-refractivity contribution is 6.36. The summed E-state index contributed by atoms with van der Waals surface area (Å²) in [6, 6.07) is 7.39. The third-order valence-electron chi connectivity index (χ3n) is 2.57. The monoisotopic (exact) mass is 291 g/mol. The maximum absolute atomic E-state index is 12.1. The van der Waals surface area contributed by atoms with Crippen molar-refractivity contribution in [1.29, 1.82) is 0 Å². The number of nitrogens with one attached hydrogen (secondary N) is 1. The molecule has 0 atom stereocenters. The molecular formula is C13H10ClN3O3. The molecule has 0 spiro atoms. The van der Waals surface area contributed by atoms with Crippen molar-refractivity contribution in [3.8, 4) is 0 Å². The Morgan fingerprint density at radius 1 is 1.40 bits per heavy atom. The topological polar surface area (TPSA) is 85.1 Å². The average molecular weight is 292 g/mol. The minimum atomic E-state index is -0.629. The normalized spacial score (nSPS) is 10.1. The molecule has 2 rings (SSSR count). The quantitative estimate of drug-likeness (QED) is 0.695. The standard InChI is InChI=1S/C13H10ClN3O3/c1-8-7-9(5-6-15-8)16-13(18)10-3-2-4-11(12(10)14)17(19)20/h2-7H,1H3,(H,15,16,18). The second-order valence-electron chi connectivity index (χ2n) is 4.04. The SMILES string of the molecule is Cc1cc(NC(=O)c2cccc([N+](=O)[O-])c2Cl)ccn1. The van der Waals surface area contributed by atoms with Gasteiger partial charge in [-0.05, 0) is 25.1 Å². The van der Waals surface area contributed by atoms with E-state index in [0.29, 0.717) is 5.69 Å². The number of halogens is 1. The molecule has 102 valence electrons. The van der Waals surface area contributed by atoms with E-state index in [9.17, 15) is 14.9 Å². The number of aryl methyl sites for hydroxylation is 1. The summed E-state index contributed by atoms with van der Waals surface area (Å²) in [4.78, 5) is 26.2. The van der Waals surface area contributed by atoms with Gasteiger partial charge in [0.2, 0.25) is 0 Å². The van der Waals surface area contributed by atoms with Gasteiger partial charge in [-0.25, -0.2) is 0 Å². The minimum absolute atomic E-state index is 0.0512. The van der Waals surface area contributed by atoms with Gasteiger partial charge in [0.15, 0.2) is 0 Å². The zero-order valence-corrected chi connectivity index (χ0v) is 11.2. The van der Waals surface area contributed by atoms with Crippen molar-refractivity contribution in [2.45, 2.75) is 6.92 Å². The zero-order valence-electron chi connectivity index (χ0n) is 10.5. The van der Waals surface area contributed by atoms with Gasteiger partial charge in [-0.2, -0.15) is 0 Å². The van der Waals surface area contributed by atoms with Gasteiger partial charge in [0, 0.05) is 23.6 Å². The molecule has 0 bridgehead atoms. The van der Waals surface area contributed by atoms with Gasteiger partial charge in [-0.3, -0.25) is 19.9 Å². The summed E-state index contributed by atoms with van der Waals surface area (Å²) in [6.45, 7) is 1.79. The lowest BCUT2D eigenvalue weighted by Gasteiger charge is -2.07. The molecule has 2 aromatic rings. The second-order valence-corrected chi connectivity index (χ2v) is 4.41. The van der Waals surface area contributed by atoms with E-state index in [0.717, 1.165) is 5.69 Å². The van der Waals surface area contributed by atoms with Gasteiger partial charge in [-0.1, -0.05) is 17.7 Å². The highest BCUT2D eigenvalue weighted by Crippen LogP contribution is 2.28. The summed E-state index contributed by atoms with van der Waals surface area (Å²) >= 11 is 5.88. The number of aromatic nitrogens is 1. The van der Waals surface area contributed by atoms with E-state index in [2.05, 4.69) is 10.3 Å². The molecule has 7 heteroatoms. The van der Waals surface area contributed by atoms with E-state index < -0.39 is 10.8 Å². The fraction of sp³-hybridized carbons (Fsp3) is 0.0769. The number of carbonyl (C=O) groups excluding carboxylic acids is 1. The van der Waals surface area contributed by atoms with Crippen LogP contribution in [0.1, 0.15) is 16.1 Å². The average Bonchev–Trinajstić information content (AvgIpc) is 2.38. The highest BCUT2D eigenvalue weighted by atomic mass is 35.5. The Kier molecular flexibility index (Phi) is 3.95. The van der Waals surface area contributed by atoms with E-state index in [1.807, 2.05) is 0 Å². The summed E-state index contributed by atoms with van der Waals surface area (Å²) in [5, 5.41) is 13.2. The lowest BCUT2D eigenvalue weighted by atomic mass is 10.2. The van der Waals surface area contributed by atoms with Crippen LogP contribution in [0.2, 0.25) is 5.02 Å². The first-order chi connectivity index (χ1) is 9.49. The largest absolute Gasteiger partial charge is 0.322 e. The van der Waals surface area contributed by atoms with Crippen LogP contribution in [0.5, 0.6) is 0 Å². The number of nitro benzene ring substituents is 1. The van der Waals surface area contributed by atoms with E-state index in [-0.39, 0.29) is 16.3 Å². The molecule has 1 aromatic heterocycles. The van der Waals surface area contributed by atoms with Crippen LogP contribution in [0.4, 0.5) is 11.4 Å². The lowest BCUT2D eigenvalue weighted by Crippen LogP contribution is -2.13. The molecule has 0 radical (unpaired) electrons. The Bertz CT molecular complexity index is 688. The first-order valence-corrected chi connectivity index (χ1v) is 6.04. The van der Waals surface area contributed by atoms with Crippen LogP contribution in [0.15, 0.2) is 36.5 Å². The molecule has 0 saturated heterocycles. The van der Waals surface area contributed by atoms with Crippen LogP contribution in [0, 0.1) is 17.0 Å². The molecule has 20 heavy (non-hydrogen) atoms. The van der Waals surface area contributed by atoms with Crippen molar-refractivity contribution in [1.82, 2.24) is 4.98 Å². The number of benzene rings is 1. The van der Waals surface area contributed by atoms with E-state index in [1.54, 1.807) is 25.3 Å². The van der Waals surface area contributed by atoms with Gasteiger partial charge in [0.1, 0.15) is 5.02 Å². The molecule has 1 aromatic carbocycles. The first-order valence-electron chi connectivity index (χ1n) is 5.66. The molecule has 1 heterocycles. The number of pyridine rings is 1. The number of nitro groups is 1. The van der Waals surface area contributed by atoms with Crippen LogP contribution < -0.4 is 5.32 Å². The number of nitrogens with zero attached hydrogens (tertiary/aromatic N) is 2. The molecule has 0 fully saturated rings. The molecule has 1 N–H and O–H groups in total. The predicted octanol–water partition coefficient (Wildman–Crippen LogP) is 3.20. The summed E-state index contributed by atoms with van der Waals surface area (Å²) < 4.78 is 0. The number of carbonyl (C=O) groups is 1. The molecule has 0 aliphatic carbocycles. The first kappa shape index (κ1) is 14.0. The van der Waals surface area contributed by atoms with Crippen LogP contribution in [0.25, 0.3) is 0 Å². The number of hydrogen-bond acceptors (Lipinski definition) is 4. The van der Waals surface area contributed by atoms with Crippen molar-refractivity contribution in [3.63, 3.8) is 0 Å². The second kappa shape index (κ2) is 5.66. The number of rotatable bonds is 3. The molecule has 0 aliphatic rings. The third kappa shape index (κ3) is 2.92. The summed E-state index contributed by atoms with van der Waals surface area (Å²) in [7, 11) is 0. The maximum Gasteiger partial charge on any atom is 0.288 e. The van der Waals surface area contributed by atoms with Gasteiger partial charge in [0.05, 0.1) is 10.5 Å². The maximum atomic E-state index is 12.1. The fourth-order valence-corrected chi connectivity index (χ4v) is 1.94. The Morgan fingerprint density at radius 3 is 2.80 bits per heavy atom. The van der Waals surface area contributed by atoms with Crippen LogP contribution in [0.3, 0.4) is 0 Å². The smallest absolute Gasteiger partial charge is 0.288 e. The van der Waals surface area contributed by atoms with Crippen molar-refractivity contribution in [2.24, 2.45) is 0 Å². The zero-order chi connectivity index (χ0) is 14.7. The van der Waals surface area contributed by atoms with Crippen LogP contribution >= 0.6 is 11.6 Å². The van der Waals surface area contributed by atoms with Gasteiger partial charge >= 0.3 is 0 Å². The lowest BCUT2D eigenvalue weighted by molar-refractivity contribution is -0.384. The van der Waals surface area contributed by atoms with Crippen molar-refractivity contribution in [3.05, 3.63) is 62.9 Å². The molecule has 0 saturated carbocycles. The van der Waals surface area contributed by atoms with Crippen LogP contribution in [-0.4, -0.2) is 15.8 Å². The summed E-state index contributed by atoms with van der Waals surface area (Å²) in [5.41, 5.74) is 1.04. The molecular weight excluding hydrogens is 282 g/mol. The van der Waals surface area contributed by atoms with E-state index in [1.165, 1.54) is 18.2 Å². The van der Waals surface area contributed by atoms with Crippen LogP contribution in [-0.2, 0) is 0 Å². The van der Waals surface area contributed by atoms with E-state index in [4.69, 9.17) is 11.6 Å².